The van der Waals surface area contributed by atoms with E-state index < -0.39 is 16.7 Å². The highest BCUT2D eigenvalue weighted by Gasteiger charge is 2.30. The van der Waals surface area contributed by atoms with Crippen molar-refractivity contribution >= 4 is 11.5 Å². The molecule has 0 aliphatic carbocycles. The number of nitrogens with zero attached hydrogens (tertiary/aromatic N) is 5. The van der Waals surface area contributed by atoms with Crippen LogP contribution < -0.4 is 14.4 Å². The van der Waals surface area contributed by atoms with Crippen LogP contribution in [0, 0.1) is 10.1 Å². The number of aryl methyl sites for hydroxylation is 2. The van der Waals surface area contributed by atoms with Crippen LogP contribution in [-0.4, -0.2) is 64.8 Å². The van der Waals surface area contributed by atoms with Crippen LogP contribution in [0.3, 0.4) is 0 Å². The Morgan fingerprint density at radius 2 is 1.74 bits per heavy atom. The Hall–Kier alpha value is -3.80. The van der Waals surface area contributed by atoms with Crippen molar-refractivity contribution in [2.75, 3.05) is 44.2 Å². The molecule has 39 heavy (non-hydrogen) atoms. The Morgan fingerprint density at radius 3 is 2.41 bits per heavy atom. The molecule has 1 saturated heterocycles. The van der Waals surface area contributed by atoms with Gasteiger partial charge in [0.05, 0.1) is 5.56 Å². The van der Waals surface area contributed by atoms with Gasteiger partial charge in [0.2, 0.25) is 0 Å². The molecule has 1 aromatic heterocycles. The van der Waals surface area contributed by atoms with Crippen LogP contribution in [0.15, 0.2) is 54.7 Å². The molecule has 2 aliphatic rings. The molecule has 3 heterocycles. The number of ether oxygens (including phenoxy) is 2. The van der Waals surface area contributed by atoms with E-state index in [1.165, 1.54) is 6.20 Å². The van der Waals surface area contributed by atoms with Crippen molar-refractivity contribution in [3.8, 4) is 11.8 Å². The second-order valence-corrected chi connectivity index (χ2v) is 9.79. The molecule has 208 valence electrons. The molecule has 1 atom stereocenters. The summed E-state index contributed by atoms with van der Waals surface area (Å²) in [6, 6.07) is 13.6. The van der Waals surface area contributed by atoms with E-state index in [4.69, 9.17) is 9.47 Å². The van der Waals surface area contributed by atoms with E-state index in [0.29, 0.717) is 19.6 Å². The number of aromatic nitrogens is 2. The van der Waals surface area contributed by atoms with Gasteiger partial charge in [0.25, 0.3) is 0 Å². The maximum absolute atomic E-state index is 12.7. The summed E-state index contributed by atoms with van der Waals surface area (Å²) in [4.78, 5) is 19.0. The average Bonchev–Trinajstić information content (AvgIpc) is 3.37. The van der Waals surface area contributed by atoms with E-state index >= 15 is 0 Å². The first kappa shape index (κ1) is 26.8. The van der Waals surface area contributed by atoms with E-state index in [1.807, 2.05) is 24.3 Å². The first-order valence-electron chi connectivity index (χ1n) is 13.0. The van der Waals surface area contributed by atoms with Crippen molar-refractivity contribution in [2.24, 2.45) is 0 Å². The van der Waals surface area contributed by atoms with E-state index in [9.17, 15) is 23.3 Å². The fraction of sp³-hybridized carbons (Fsp3) is 0.444. The lowest BCUT2D eigenvalue weighted by Gasteiger charge is -2.36. The second kappa shape index (κ2) is 11.5. The number of fused-ring (bicyclic) bond motifs is 1. The van der Waals surface area contributed by atoms with Crippen LogP contribution >= 0.6 is 0 Å². The predicted molar refractivity (Wildman–Crippen MR) is 138 cm³/mol. The van der Waals surface area contributed by atoms with Crippen LogP contribution in [-0.2, 0) is 19.1 Å². The summed E-state index contributed by atoms with van der Waals surface area (Å²) in [6.45, 7) is 5.48. The number of nitro groups is 1. The average molecular weight is 546 g/mol. The normalized spacial score (nSPS) is 17.9. The summed E-state index contributed by atoms with van der Waals surface area (Å²) in [5, 5.41) is 10.9. The summed E-state index contributed by atoms with van der Waals surface area (Å²) < 4.78 is 51.4. The standard InChI is InChI=1S/C27H30F3N5O4/c28-27(29,30)21-5-3-20(4-6-21)2-1-12-32-14-16-33(17-15-32)22-7-9-23(10-8-22)38-19-24-11-13-34-18-25(35(36)37)31-26(34)39-24/h3-10,18,24H,1-2,11-17,19H2. The molecular weight excluding hydrogens is 515 g/mol. The lowest BCUT2D eigenvalue weighted by Crippen LogP contribution is -2.46. The number of anilines is 1. The van der Waals surface area contributed by atoms with Crippen molar-refractivity contribution in [3.05, 3.63) is 76.0 Å². The quantitative estimate of drug-likeness (QED) is 0.282. The zero-order valence-corrected chi connectivity index (χ0v) is 21.3. The van der Waals surface area contributed by atoms with Crippen LogP contribution in [0.1, 0.15) is 24.0 Å². The maximum Gasteiger partial charge on any atom is 0.416 e. The van der Waals surface area contributed by atoms with Gasteiger partial charge in [-0.05, 0) is 66.3 Å². The monoisotopic (exact) mass is 545 g/mol. The minimum Gasteiger partial charge on any atom is -0.490 e. The van der Waals surface area contributed by atoms with Gasteiger partial charge >= 0.3 is 18.0 Å². The van der Waals surface area contributed by atoms with Crippen LogP contribution in [0.5, 0.6) is 11.8 Å². The SMILES string of the molecule is O=[N+]([O-])c1cn2c(n1)OC(COc1ccc(N3CCN(CCCc4ccc(C(F)(F)F)cc4)CC3)cc1)CC2. The van der Waals surface area contributed by atoms with Gasteiger partial charge in [-0.1, -0.05) is 12.1 Å². The third-order valence-corrected chi connectivity index (χ3v) is 7.11. The lowest BCUT2D eigenvalue weighted by molar-refractivity contribution is -0.389. The molecular formula is C27H30F3N5O4. The molecule has 2 aromatic carbocycles. The Bertz CT molecular complexity index is 1260. The van der Waals surface area contributed by atoms with Gasteiger partial charge in [-0.2, -0.15) is 13.2 Å². The van der Waals surface area contributed by atoms with Crippen molar-refractivity contribution in [3.63, 3.8) is 0 Å². The van der Waals surface area contributed by atoms with Crippen LogP contribution in [0.25, 0.3) is 0 Å². The van der Waals surface area contributed by atoms with Crippen LogP contribution in [0.4, 0.5) is 24.7 Å². The highest BCUT2D eigenvalue weighted by Crippen LogP contribution is 2.29. The Morgan fingerprint density at radius 1 is 1.03 bits per heavy atom. The molecule has 3 aromatic rings. The highest BCUT2D eigenvalue weighted by atomic mass is 19.4. The summed E-state index contributed by atoms with van der Waals surface area (Å²) in [5.74, 6) is 0.505. The number of alkyl halides is 3. The predicted octanol–water partition coefficient (Wildman–Crippen LogP) is 4.80. The van der Waals surface area contributed by atoms with Gasteiger partial charge < -0.3 is 24.5 Å². The fourth-order valence-corrected chi connectivity index (χ4v) is 4.88. The summed E-state index contributed by atoms with van der Waals surface area (Å²) in [7, 11) is 0. The van der Waals surface area contributed by atoms with E-state index in [0.717, 1.165) is 74.7 Å². The van der Waals surface area contributed by atoms with Gasteiger partial charge in [0, 0.05) is 49.8 Å². The zero-order chi connectivity index (χ0) is 27.4. The molecule has 0 saturated carbocycles. The third-order valence-electron chi connectivity index (χ3n) is 7.11. The first-order valence-corrected chi connectivity index (χ1v) is 13.0. The summed E-state index contributed by atoms with van der Waals surface area (Å²) in [5.41, 5.74) is 1.44. The molecule has 12 heteroatoms. The second-order valence-electron chi connectivity index (χ2n) is 9.79. The summed E-state index contributed by atoms with van der Waals surface area (Å²) in [6.07, 6.45) is -0.806. The van der Waals surface area contributed by atoms with E-state index in [1.54, 1.807) is 16.7 Å². The molecule has 0 radical (unpaired) electrons. The van der Waals surface area contributed by atoms with Crippen molar-refractivity contribution < 1.29 is 27.6 Å². The molecule has 2 aliphatic heterocycles. The van der Waals surface area contributed by atoms with Crippen molar-refractivity contribution in [1.82, 2.24) is 14.5 Å². The molecule has 1 fully saturated rings. The first-order chi connectivity index (χ1) is 18.7. The topological polar surface area (TPSA) is 85.9 Å². The smallest absolute Gasteiger partial charge is 0.416 e. The number of benzene rings is 2. The molecule has 9 nitrogen and oxygen atoms in total. The largest absolute Gasteiger partial charge is 0.490 e. The lowest BCUT2D eigenvalue weighted by atomic mass is 10.1. The van der Waals surface area contributed by atoms with E-state index in [-0.39, 0.29) is 17.9 Å². The van der Waals surface area contributed by atoms with Gasteiger partial charge in [-0.3, -0.25) is 9.47 Å². The molecule has 0 N–H and O–H groups in total. The van der Waals surface area contributed by atoms with Gasteiger partial charge in [-0.25, -0.2) is 0 Å². The van der Waals surface area contributed by atoms with Crippen molar-refractivity contribution in [2.45, 2.75) is 38.1 Å². The molecule has 5 rings (SSSR count). The Labute approximate surface area is 223 Å². The number of piperazine rings is 1. The molecule has 0 spiro atoms. The summed E-state index contributed by atoms with van der Waals surface area (Å²) >= 11 is 0. The number of halogens is 3. The fourth-order valence-electron chi connectivity index (χ4n) is 4.88. The molecule has 0 bridgehead atoms. The minimum atomic E-state index is -4.30. The zero-order valence-electron chi connectivity index (χ0n) is 21.3. The number of hydrogen-bond acceptors (Lipinski definition) is 7. The third kappa shape index (κ3) is 6.80. The minimum absolute atomic E-state index is 0.221. The number of rotatable bonds is 9. The van der Waals surface area contributed by atoms with Crippen molar-refractivity contribution in [1.29, 1.82) is 0 Å². The number of imidazole rings is 1. The molecule has 0 amide bonds. The molecule has 1 unspecified atom stereocenters. The van der Waals surface area contributed by atoms with E-state index in [2.05, 4.69) is 14.8 Å². The van der Waals surface area contributed by atoms with Gasteiger partial charge in [-0.15, -0.1) is 0 Å². The highest BCUT2D eigenvalue weighted by molar-refractivity contribution is 5.49. The van der Waals surface area contributed by atoms with Crippen LogP contribution in [0.2, 0.25) is 0 Å². The van der Waals surface area contributed by atoms with Gasteiger partial charge in [0.1, 0.15) is 24.7 Å². The Kier molecular flexibility index (Phi) is 7.92. The Balaban J connectivity index is 1.02. The van der Waals surface area contributed by atoms with Gasteiger partial charge in [0.15, 0.2) is 0 Å². The number of hydrogen-bond donors (Lipinski definition) is 0. The maximum atomic E-state index is 12.7.